The Bertz CT molecular complexity index is 402. The standard InChI is InChI=1S/C12H19N3O2/c1-12(2,15(3)4)8-14-11(17)10-9(16)6-5-7-13-10/h5-7,16H,8H2,1-4H3,(H,14,17). The molecule has 0 fully saturated rings. The van der Waals surface area contributed by atoms with E-state index in [-0.39, 0.29) is 22.9 Å². The van der Waals surface area contributed by atoms with Crippen molar-refractivity contribution in [2.24, 2.45) is 0 Å². The summed E-state index contributed by atoms with van der Waals surface area (Å²) in [6.45, 7) is 4.52. The molecule has 0 bridgehead atoms. The van der Waals surface area contributed by atoms with Crippen LogP contribution in [0, 0.1) is 0 Å². The Morgan fingerprint density at radius 2 is 2.18 bits per heavy atom. The molecular formula is C12H19N3O2. The lowest BCUT2D eigenvalue weighted by Gasteiger charge is -2.32. The van der Waals surface area contributed by atoms with Gasteiger partial charge in [-0.3, -0.25) is 4.79 Å². The molecule has 0 aliphatic heterocycles. The second-order valence-electron chi connectivity index (χ2n) is 4.76. The van der Waals surface area contributed by atoms with E-state index in [4.69, 9.17) is 0 Å². The van der Waals surface area contributed by atoms with Crippen molar-refractivity contribution >= 4 is 5.91 Å². The second-order valence-corrected chi connectivity index (χ2v) is 4.76. The molecule has 1 amide bonds. The van der Waals surface area contributed by atoms with E-state index in [1.807, 2.05) is 32.8 Å². The number of carbonyl (C=O) groups is 1. The van der Waals surface area contributed by atoms with Crippen LogP contribution in [0.1, 0.15) is 24.3 Å². The summed E-state index contributed by atoms with van der Waals surface area (Å²) in [6.07, 6.45) is 1.48. The van der Waals surface area contributed by atoms with Gasteiger partial charge in [-0.25, -0.2) is 4.98 Å². The fourth-order valence-electron chi connectivity index (χ4n) is 1.11. The molecule has 5 heteroatoms. The van der Waals surface area contributed by atoms with Gasteiger partial charge in [-0.05, 0) is 40.1 Å². The van der Waals surface area contributed by atoms with Gasteiger partial charge in [0.2, 0.25) is 0 Å². The van der Waals surface area contributed by atoms with Gasteiger partial charge in [-0.15, -0.1) is 0 Å². The number of rotatable bonds is 4. The number of hydrogen-bond donors (Lipinski definition) is 2. The van der Waals surface area contributed by atoms with Crippen LogP contribution in [0.4, 0.5) is 0 Å². The maximum absolute atomic E-state index is 11.8. The molecule has 0 saturated heterocycles. The van der Waals surface area contributed by atoms with Gasteiger partial charge >= 0.3 is 0 Å². The van der Waals surface area contributed by atoms with Crippen molar-refractivity contribution in [2.75, 3.05) is 20.6 Å². The van der Waals surface area contributed by atoms with Gasteiger partial charge < -0.3 is 15.3 Å². The Morgan fingerprint density at radius 1 is 1.53 bits per heavy atom. The van der Waals surface area contributed by atoms with Crippen molar-refractivity contribution in [1.29, 1.82) is 0 Å². The summed E-state index contributed by atoms with van der Waals surface area (Å²) in [5.41, 5.74) is -0.0953. The van der Waals surface area contributed by atoms with Crippen molar-refractivity contribution in [3.63, 3.8) is 0 Å². The highest BCUT2D eigenvalue weighted by Crippen LogP contribution is 2.13. The van der Waals surface area contributed by atoms with Crippen LogP contribution in [0.15, 0.2) is 18.3 Å². The predicted molar refractivity (Wildman–Crippen MR) is 66.0 cm³/mol. The topological polar surface area (TPSA) is 65.5 Å². The molecule has 1 heterocycles. The van der Waals surface area contributed by atoms with Crippen molar-refractivity contribution in [3.8, 4) is 5.75 Å². The highest BCUT2D eigenvalue weighted by atomic mass is 16.3. The molecule has 0 aromatic carbocycles. The van der Waals surface area contributed by atoms with E-state index in [1.54, 1.807) is 6.07 Å². The predicted octanol–water partition coefficient (Wildman–Crippen LogP) is 0.857. The van der Waals surface area contributed by atoms with E-state index < -0.39 is 0 Å². The number of likely N-dealkylation sites (N-methyl/N-ethyl adjacent to an activating group) is 1. The lowest BCUT2D eigenvalue weighted by atomic mass is 10.0. The Kier molecular flexibility index (Phi) is 4.07. The summed E-state index contributed by atoms with van der Waals surface area (Å²) in [4.78, 5) is 17.7. The van der Waals surface area contributed by atoms with E-state index in [9.17, 15) is 9.90 Å². The average Bonchev–Trinajstić information content (AvgIpc) is 2.26. The summed E-state index contributed by atoms with van der Waals surface area (Å²) in [6, 6.07) is 3.02. The minimum atomic E-state index is -0.363. The summed E-state index contributed by atoms with van der Waals surface area (Å²) >= 11 is 0. The molecule has 5 nitrogen and oxygen atoms in total. The molecule has 0 radical (unpaired) electrons. The largest absolute Gasteiger partial charge is 0.505 e. The van der Waals surface area contributed by atoms with E-state index in [2.05, 4.69) is 10.3 Å². The normalized spacial score (nSPS) is 11.6. The minimum absolute atomic E-state index is 0.0575. The van der Waals surface area contributed by atoms with E-state index >= 15 is 0 Å². The van der Waals surface area contributed by atoms with Gasteiger partial charge in [-0.1, -0.05) is 0 Å². The summed E-state index contributed by atoms with van der Waals surface area (Å²) in [5.74, 6) is -0.467. The zero-order valence-electron chi connectivity index (χ0n) is 10.7. The molecule has 0 unspecified atom stereocenters. The Labute approximate surface area is 101 Å². The van der Waals surface area contributed by atoms with Crippen LogP contribution in [-0.2, 0) is 0 Å². The molecule has 0 saturated carbocycles. The summed E-state index contributed by atoms with van der Waals surface area (Å²) in [5, 5.41) is 12.2. The Morgan fingerprint density at radius 3 is 2.71 bits per heavy atom. The molecular weight excluding hydrogens is 218 g/mol. The van der Waals surface area contributed by atoms with Crippen LogP contribution in [0.5, 0.6) is 5.75 Å². The highest BCUT2D eigenvalue weighted by Gasteiger charge is 2.22. The van der Waals surface area contributed by atoms with Crippen LogP contribution >= 0.6 is 0 Å². The van der Waals surface area contributed by atoms with E-state index in [0.29, 0.717) is 6.54 Å². The third-order valence-corrected chi connectivity index (χ3v) is 2.89. The van der Waals surface area contributed by atoms with Crippen LogP contribution in [-0.4, -0.2) is 47.1 Å². The number of pyridine rings is 1. The molecule has 94 valence electrons. The number of nitrogens with one attached hydrogen (secondary N) is 1. The van der Waals surface area contributed by atoms with Crippen molar-refractivity contribution in [1.82, 2.24) is 15.2 Å². The lowest BCUT2D eigenvalue weighted by molar-refractivity contribution is 0.0912. The third-order valence-electron chi connectivity index (χ3n) is 2.89. The molecule has 1 rings (SSSR count). The van der Waals surface area contributed by atoms with Gasteiger partial charge in [-0.2, -0.15) is 0 Å². The van der Waals surface area contributed by atoms with Gasteiger partial charge in [0.15, 0.2) is 5.69 Å². The fraction of sp³-hybridized carbons (Fsp3) is 0.500. The summed E-state index contributed by atoms with van der Waals surface area (Å²) in [7, 11) is 3.90. The van der Waals surface area contributed by atoms with Gasteiger partial charge in [0.05, 0.1) is 0 Å². The van der Waals surface area contributed by atoms with Crippen molar-refractivity contribution in [2.45, 2.75) is 19.4 Å². The second kappa shape index (κ2) is 5.14. The maximum atomic E-state index is 11.8. The van der Waals surface area contributed by atoms with Gasteiger partial charge in [0, 0.05) is 18.3 Å². The number of aromatic hydroxyl groups is 1. The molecule has 1 aromatic rings. The third kappa shape index (κ3) is 3.42. The quantitative estimate of drug-likeness (QED) is 0.815. The fourth-order valence-corrected chi connectivity index (χ4v) is 1.11. The number of nitrogens with zero attached hydrogens (tertiary/aromatic N) is 2. The van der Waals surface area contributed by atoms with Crippen molar-refractivity contribution in [3.05, 3.63) is 24.0 Å². The molecule has 17 heavy (non-hydrogen) atoms. The molecule has 0 atom stereocenters. The Hall–Kier alpha value is -1.62. The van der Waals surface area contributed by atoms with E-state index in [0.717, 1.165) is 0 Å². The number of hydrogen-bond acceptors (Lipinski definition) is 4. The first kappa shape index (κ1) is 13.4. The number of amides is 1. The molecule has 2 N–H and O–H groups in total. The molecule has 1 aromatic heterocycles. The first-order valence-corrected chi connectivity index (χ1v) is 5.44. The Balaban J connectivity index is 2.66. The first-order valence-electron chi connectivity index (χ1n) is 5.44. The maximum Gasteiger partial charge on any atom is 0.273 e. The minimum Gasteiger partial charge on any atom is -0.505 e. The SMILES string of the molecule is CN(C)C(C)(C)CNC(=O)c1ncccc1O. The van der Waals surface area contributed by atoms with E-state index in [1.165, 1.54) is 12.3 Å². The lowest BCUT2D eigenvalue weighted by Crippen LogP contribution is -2.48. The highest BCUT2D eigenvalue weighted by molar-refractivity contribution is 5.94. The number of aromatic nitrogens is 1. The molecule has 0 aliphatic rings. The average molecular weight is 237 g/mol. The molecule has 0 aliphatic carbocycles. The molecule has 0 spiro atoms. The monoisotopic (exact) mass is 237 g/mol. The first-order chi connectivity index (χ1) is 7.84. The van der Waals surface area contributed by atoms with Crippen LogP contribution in [0.25, 0.3) is 0 Å². The van der Waals surface area contributed by atoms with Crippen LogP contribution in [0.2, 0.25) is 0 Å². The van der Waals surface area contributed by atoms with Gasteiger partial charge in [0.25, 0.3) is 5.91 Å². The van der Waals surface area contributed by atoms with Crippen LogP contribution < -0.4 is 5.32 Å². The smallest absolute Gasteiger partial charge is 0.273 e. The summed E-state index contributed by atoms with van der Waals surface area (Å²) < 4.78 is 0. The van der Waals surface area contributed by atoms with Crippen LogP contribution in [0.3, 0.4) is 0 Å². The van der Waals surface area contributed by atoms with Crippen molar-refractivity contribution < 1.29 is 9.90 Å². The zero-order valence-corrected chi connectivity index (χ0v) is 10.7. The zero-order chi connectivity index (χ0) is 13.1. The number of carbonyl (C=O) groups excluding carboxylic acids is 1. The van der Waals surface area contributed by atoms with Gasteiger partial charge in [0.1, 0.15) is 5.75 Å².